The van der Waals surface area contributed by atoms with Gasteiger partial charge in [0.05, 0.1) is 0 Å². The summed E-state index contributed by atoms with van der Waals surface area (Å²) in [5, 5.41) is 0. The van der Waals surface area contributed by atoms with Gasteiger partial charge in [0.15, 0.2) is 0 Å². The van der Waals surface area contributed by atoms with Gasteiger partial charge in [0, 0.05) is 0 Å². The van der Waals surface area contributed by atoms with Crippen LogP contribution in [-0.2, 0) is 7.48 Å². The molecule has 0 fully saturated rings. The van der Waals surface area contributed by atoms with Crippen molar-refractivity contribution in [3.63, 3.8) is 0 Å². The van der Waals surface area contributed by atoms with Gasteiger partial charge < -0.3 is 0 Å². The fraction of sp³-hybridized carbons (Fsp3) is 0.250. The summed E-state index contributed by atoms with van der Waals surface area (Å²) in [7, 11) is 0. The molecule has 0 unspecified atom stereocenters. The first-order valence-electron chi connectivity index (χ1n) is 1.91. The molecule has 8 heavy (non-hydrogen) atoms. The van der Waals surface area contributed by atoms with Crippen LogP contribution in [0, 0.1) is 0 Å². The topological polar surface area (TPSA) is 26.3 Å². The van der Waals surface area contributed by atoms with E-state index in [4.69, 9.17) is 0 Å². The van der Waals surface area contributed by atoms with Crippen molar-refractivity contribution in [2.45, 2.75) is 6.92 Å². The van der Waals surface area contributed by atoms with E-state index in [0.717, 1.165) is 4.48 Å². The summed E-state index contributed by atoms with van der Waals surface area (Å²) in [4.78, 5) is 10.3. The van der Waals surface area contributed by atoms with Crippen LogP contribution in [0.2, 0.25) is 0 Å². The Labute approximate surface area is 72.8 Å². The number of hydrogen-bond acceptors (Lipinski definition) is 2. The van der Waals surface area contributed by atoms with Gasteiger partial charge in [-0.25, -0.2) is 0 Å². The van der Waals surface area contributed by atoms with Crippen LogP contribution in [0.25, 0.3) is 0 Å². The number of hydrogen-bond donors (Lipinski definition) is 0. The van der Waals surface area contributed by atoms with Gasteiger partial charge in [-0.1, -0.05) is 0 Å². The summed E-state index contributed by atoms with van der Waals surface area (Å²) >= 11 is 3.38. The van der Waals surface area contributed by atoms with Gasteiger partial charge in [0.1, 0.15) is 0 Å². The summed E-state index contributed by atoms with van der Waals surface area (Å²) in [6.07, 6.45) is 1.40. The van der Waals surface area contributed by atoms with Crippen LogP contribution in [-0.4, -0.2) is 32.2 Å². The molecule has 0 atom stereocenters. The zero-order valence-electron chi connectivity index (χ0n) is 4.35. The quantitative estimate of drug-likeness (QED) is 0.508. The molecule has 0 aliphatic rings. The van der Waals surface area contributed by atoms with E-state index in [1.165, 1.54) is 6.08 Å². The van der Waals surface area contributed by atoms with Crippen LogP contribution in [0.5, 0.6) is 0 Å². The molecule has 0 saturated heterocycles. The minimum atomic E-state index is -0.260. The Bertz CT molecular complexity index is 117. The van der Waals surface area contributed by atoms with E-state index in [1.807, 2.05) is 0 Å². The molecule has 42 valence electrons. The molecular formula is C4H4BrO2Tl. The fourth-order valence-electron chi connectivity index (χ4n) is 0.196. The van der Waals surface area contributed by atoms with Crippen molar-refractivity contribution in [2.75, 3.05) is 0 Å². The zero-order valence-corrected chi connectivity index (χ0v) is 10.4. The maximum absolute atomic E-state index is 10.3. The third-order valence-electron chi connectivity index (χ3n) is 0.433. The Hall–Kier alpha value is 0.612. The van der Waals surface area contributed by atoms with Crippen molar-refractivity contribution < 1.29 is 7.48 Å². The molecule has 0 radical (unpaired) electrons. The van der Waals surface area contributed by atoms with Gasteiger partial charge in [0.2, 0.25) is 0 Å². The van der Waals surface area contributed by atoms with Crippen molar-refractivity contribution in [2.24, 2.45) is 0 Å². The number of rotatable bonds is 1. The molecule has 0 amide bonds. The van der Waals surface area contributed by atoms with E-state index in [-0.39, 0.29) is 32.2 Å². The molecule has 4 heteroatoms. The Balaban J connectivity index is 3.70. The number of allylic oxidation sites excluding steroid dienone is 1. The third kappa shape index (κ3) is 4.76. The fourth-order valence-corrected chi connectivity index (χ4v) is 0.648. The first kappa shape index (κ1) is 8.61. The second kappa shape index (κ2) is 4.49. The van der Waals surface area contributed by atoms with Crippen molar-refractivity contribution in [3.8, 4) is 0 Å². The zero-order chi connectivity index (χ0) is 6.57. The van der Waals surface area contributed by atoms with Crippen LogP contribution in [0.3, 0.4) is 0 Å². The predicted molar refractivity (Wildman–Crippen MR) is 34.5 cm³/mol. The molecule has 2 nitrogen and oxygen atoms in total. The van der Waals surface area contributed by atoms with Crippen LogP contribution < -0.4 is 0 Å². The van der Waals surface area contributed by atoms with E-state index >= 15 is 0 Å². The first-order valence-corrected chi connectivity index (χ1v) is 4.54. The standard InChI is InChI=1S/C4H5BrO2.Tl/c1-3(5)2-4(6)7;/h2H,1H3,(H,6,7);/q;+1/p-1/b3-2-;. The van der Waals surface area contributed by atoms with E-state index < -0.39 is 0 Å². The van der Waals surface area contributed by atoms with Gasteiger partial charge >= 0.3 is 73.1 Å². The molecular weight excluding hydrogens is 364 g/mol. The van der Waals surface area contributed by atoms with Crippen LogP contribution in [0.4, 0.5) is 0 Å². The summed E-state index contributed by atoms with van der Waals surface area (Å²) in [5.74, 6) is -0.260. The second-order valence-electron chi connectivity index (χ2n) is 1.17. The van der Waals surface area contributed by atoms with E-state index in [9.17, 15) is 4.79 Å². The van der Waals surface area contributed by atoms with Crippen molar-refractivity contribution in [3.05, 3.63) is 10.6 Å². The van der Waals surface area contributed by atoms with Crippen molar-refractivity contribution in [1.29, 1.82) is 0 Å². The molecule has 0 spiro atoms. The van der Waals surface area contributed by atoms with Gasteiger partial charge in [-0.3, -0.25) is 0 Å². The Morgan fingerprint density at radius 1 is 1.88 bits per heavy atom. The molecule has 0 aromatic carbocycles. The Morgan fingerprint density at radius 3 is 2.50 bits per heavy atom. The van der Waals surface area contributed by atoms with Gasteiger partial charge in [-0.05, 0) is 0 Å². The molecule has 0 saturated carbocycles. The molecule has 0 aliphatic heterocycles. The van der Waals surface area contributed by atoms with E-state index in [2.05, 4.69) is 18.6 Å². The monoisotopic (exact) mass is 368 g/mol. The third-order valence-corrected chi connectivity index (χ3v) is 1.56. The van der Waals surface area contributed by atoms with Crippen molar-refractivity contribution in [1.82, 2.24) is 0 Å². The SMILES string of the molecule is C/C(Br)=C/C(=O)[O][Tl]. The first-order chi connectivity index (χ1) is 3.66. The van der Waals surface area contributed by atoms with E-state index in [1.54, 1.807) is 6.92 Å². The Morgan fingerprint density at radius 2 is 2.38 bits per heavy atom. The molecule has 0 aliphatic carbocycles. The van der Waals surface area contributed by atoms with Gasteiger partial charge in [-0.2, -0.15) is 0 Å². The van der Waals surface area contributed by atoms with Crippen LogP contribution >= 0.6 is 15.9 Å². The van der Waals surface area contributed by atoms with Gasteiger partial charge in [0.25, 0.3) is 0 Å². The maximum atomic E-state index is 10.3. The van der Waals surface area contributed by atoms with E-state index in [0.29, 0.717) is 0 Å². The Kier molecular flexibility index (Phi) is 4.83. The van der Waals surface area contributed by atoms with Gasteiger partial charge in [-0.15, -0.1) is 0 Å². The molecule has 0 heterocycles. The molecule has 0 aromatic rings. The predicted octanol–water partition coefficient (Wildman–Crippen LogP) is 0.912. The number of halogens is 1. The number of carbonyl (C=O) groups excluding carboxylic acids is 1. The number of carbonyl (C=O) groups is 1. The minimum absolute atomic E-state index is 0.260. The summed E-state index contributed by atoms with van der Waals surface area (Å²) < 4.78 is 5.28. The summed E-state index contributed by atoms with van der Waals surface area (Å²) in [6.45, 7) is 1.78. The van der Waals surface area contributed by atoms with Crippen LogP contribution in [0.15, 0.2) is 10.6 Å². The molecule has 0 aromatic heterocycles. The average molecular weight is 368 g/mol. The normalized spacial score (nSPS) is 10.9. The molecule has 0 bridgehead atoms. The van der Waals surface area contributed by atoms with Crippen LogP contribution in [0.1, 0.15) is 6.92 Å². The van der Waals surface area contributed by atoms with Crippen molar-refractivity contribution >= 4 is 48.1 Å². The summed E-state index contributed by atoms with van der Waals surface area (Å²) in [5.41, 5.74) is 0. The molecule has 0 N–H and O–H groups in total. The second-order valence-corrected chi connectivity index (χ2v) is 3.34. The summed E-state index contributed by atoms with van der Waals surface area (Å²) in [6, 6.07) is 0. The average Bonchev–Trinajstić information content (AvgIpc) is 1.65. The molecule has 0 rings (SSSR count).